The smallest absolute Gasteiger partial charge is 0.0179 e. The van der Waals surface area contributed by atoms with E-state index >= 15 is 0 Å². The van der Waals surface area contributed by atoms with Crippen LogP contribution in [0.15, 0.2) is 0 Å². The molecule has 0 aromatic heterocycles. The Bertz CT molecular complexity index is 86.7. The molecule has 0 aliphatic heterocycles. The molecule has 1 rings (SSSR count). The lowest BCUT2D eigenvalue weighted by Crippen LogP contribution is -2.00. The Labute approximate surface area is 69.8 Å². The minimum Gasteiger partial charge on any atom is -0.0901 e. The van der Waals surface area contributed by atoms with E-state index in [4.69, 9.17) is 12.6 Å². The molecule has 0 N–H and O–H groups in total. The molecule has 59 valence electrons. The Morgan fingerprint density at radius 3 is 2.60 bits per heavy atom. The van der Waals surface area contributed by atoms with Gasteiger partial charge in [0.2, 0.25) is 0 Å². The van der Waals surface area contributed by atoms with Gasteiger partial charge in [-0.2, -0.15) is 0 Å². The summed E-state index contributed by atoms with van der Waals surface area (Å²) in [7, 11) is 0. The summed E-state index contributed by atoms with van der Waals surface area (Å²) in [5.74, 6) is 0.937. The van der Waals surface area contributed by atoms with E-state index in [-0.39, 0.29) is 0 Å². The zero-order chi connectivity index (χ0) is 7.40. The topological polar surface area (TPSA) is 0 Å². The highest BCUT2D eigenvalue weighted by Gasteiger charge is 2.28. The SMILES string of the molecule is CCCCCC([S])C1CC1. The normalized spacial score (nSPS) is 21.0. The van der Waals surface area contributed by atoms with Gasteiger partial charge in [0.1, 0.15) is 0 Å². The lowest BCUT2D eigenvalue weighted by molar-refractivity contribution is 0.613. The van der Waals surface area contributed by atoms with Crippen molar-refractivity contribution in [1.82, 2.24) is 0 Å². The van der Waals surface area contributed by atoms with Gasteiger partial charge in [0.25, 0.3) is 0 Å². The standard InChI is InChI=1S/C9H17S/c1-2-3-4-5-9(10)8-6-7-8/h8-9H,2-7H2,1H3. The highest BCUT2D eigenvalue weighted by molar-refractivity contribution is 7.81. The summed E-state index contributed by atoms with van der Waals surface area (Å²) in [4.78, 5) is 0. The van der Waals surface area contributed by atoms with Gasteiger partial charge in [-0.3, -0.25) is 0 Å². The van der Waals surface area contributed by atoms with Gasteiger partial charge >= 0.3 is 0 Å². The number of hydrogen-bond acceptors (Lipinski definition) is 0. The summed E-state index contributed by atoms with van der Waals surface area (Å²) in [5.41, 5.74) is 0. The van der Waals surface area contributed by atoms with Crippen LogP contribution in [-0.2, 0) is 0 Å². The monoisotopic (exact) mass is 157 g/mol. The average Bonchev–Trinajstić information content (AvgIpc) is 2.69. The summed E-state index contributed by atoms with van der Waals surface area (Å²) in [6, 6.07) is 0. The van der Waals surface area contributed by atoms with Crippen LogP contribution < -0.4 is 0 Å². The maximum atomic E-state index is 5.34. The third kappa shape index (κ3) is 2.96. The molecule has 0 amide bonds. The van der Waals surface area contributed by atoms with Gasteiger partial charge in [0.05, 0.1) is 0 Å². The molecule has 1 aliphatic carbocycles. The third-order valence-electron chi connectivity index (χ3n) is 2.24. The van der Waals surface area contributed by atoms with Gasteiger partial charge < -0.3 is 0 Å². The Balaban J connectivity index is 1.90. The van der Waals surface area contributed by atoms with E-state index in [1.165, 1.54) is 38.5 Å². The highest BCUT2D eigenvalue weighted by atomic mass is 32.1. The largest absolute Gasteiger partial charge is 0.0901 e. The molecule has 0 saturated heterocycles. The first-order valence-electron chi connectivity index (χ1n) is 4.50. The van der Waals surface area contributed by atoms with Crippen molar-refractivity contribution in [2.45, 2.75) is 50.7 Å². The van der Waals surface area contributed by atoms with E-state index in [0.29, 0.717) is 5.25 Å². The molecule has 1 aliphatic rings. The number of rotatable bonds is 5. The van der Waals surface area contributed by atoms with Gasteiger partial charge in [-0.25, -0.2) is 0 Å². The minimum absolute atomic E-state index is 0.617. The first kappa shape index (κ1) is 8.45. The van der Waals surface area contributed by atoms with Crippen LogP contribution in [0.25, 0.3) is 0 Å². The average molecular weight is 157 g/mol. The molecule has 1 heteroatoms. The van der Waals surface area contributed by atoms with Crippen molar-refractivity contribution in [1.29, 1.82) is 0 Å². The Morgan fingerprint density at radius 1 is 1.40 bits per heavy atom. The molecule has 0 bridgehead atoms. The van der Waals surface area contributed by atoms with Crippen LogP contribution in [0.1, 0.15) is 45.4 Å². The molecule has 1 fully saturated rings. The van der Waals surface area contributed by atoms with Crippen molar-refractivity contribution in [2.75, 3.05) is 0 Å². The maximum Gasteiger partial charge on any atom is 0.0179 e. The quantitative estimate of drug-likeness (QED) is 0.535. The fourth-order valence-corrected chi connectivity index (χ4v) is 1.74. The summed E-state index contributed by atoms with van der Waals surface area (Å²) in [6.07, 6.45) is 8.20. The lowest BCUT2D eigenvalue weighted by Gasteiger charge is -2.05. The van der Waals surface area contributed by atoms with Crippen molar-refractivity contribution in [2.24, 2.45) is 5.92 Å². The fraction of sp³-hybridized carbons (Fsp3) is 1.00. The summed E-state index contributed by atoms with van der Waals surface area (Å²) in [5, 5.41) is 0.617. The van der Waals surface area contributed by atoms with Crippen molar-refractivity contribution in [3.05, 3.63) is 0 Å². The van der Waals surface area contributed by atoms with Crippen LogP contribution in [0.4, 0.5) is 0 Å². The van der Waals surface area contributed by atoms with E-state index in [9.17, 15) is 0 Å². The van der Waals surface area contributed by atoms with Crippen LogP contribution >= 0.6 is 12.6 Å². The van der Waals surface area contributed by atoms with E-state index < -0.39 is 0 Å². The molecule has 1 unspecified atom stereocenters. The van der Waals surface area contributed by atoms with E-state index in [1.807, 2.05) is 0 Å². The predicted octanol–water partition coefficient (Wildman–Crippen LogP) is 3.54. The molecule has 1 atom stereocenters. The molecule has 1 radical (unpaired) electrons. The second-order valence-corrected chi connectivity index (χ2v) is 3.98. The molecule has 0 heterocycles. The third-order valence-corrected chi connectivity index (χ3v) is 2.86. The van der Waals surface area contributed by atoms with Crippen LogP contribution in [-0.4, -0.2) is 5.25 Å². The molecular weight excluding hydrogens is 140 g/mol. The van der Waals surface area contributed by atoms with Crippen LogP contribution in [0.3, 0.4) is 0 Å². The zero-order valence-electron chi connectivity index (χ0n) is 6.81. The molecule has 10 heavy (non-hydrogen) atoms. The second-order valence-electron chi connectivity index (χ2n) is 3.37. The molecule has 0 aromatic carbocycles. The van der Waals surface area contributed by atoms with Gasteiger partial charge in [-0.05, 0) is 25.2 Å². The molecule has 0 nitrogen and oxygen atoms in total. The highest BCUT2D eigenvalue weighted by Crippen LogP contribution is 2.37. The van der Waals surface area contributed by atoms with Gasteiger partial charge in [0, 0.05) is 5.25 Å². The number of unbranched alkanes of at least 4 members (excludes halogenated alkanes) is 2. The van der Waals surface area contributed by atoms with Crippen LogP contribution in [0, 0.1) is 5.92 Å². The first-order valence-corrected chi connectivity index (χ1v) is 4.97. The summed E-state index contributed by atoms with van der Waals surface area (Å²) >= 11 is 5.34. The minimum atomic E-state index is 0.617. The molecule has 0 spiro atoms. The van der Waals surface area contributed by atoms with E-state index in [1.54, 1.807) is 0 Å². The molecule has 0 aromatic rings. The van der Waals surface area contributed by atoms with Gasteiger partial charge in [0.15, 0.2) is 0 Å². The van der Waals surface area contributed by atoms with Gasteiger partial charge in [-0.15, -0.1) is 0 Å². The van der Waals surface area contributed by atoms with Crippen molar-refractivity contribution in [3.8, 4) is 0 Å². The van der Waals surface area contributed by atoms with Crippen LogP contribution in [0.5, 0.6) is 0 Å². The van der Waals surface area contributed by atoms with Crippen LogP contribution in [0.2, 0.25) is 0 Å². The van der Waals surface area contributed by atoms with Gasteiger partial charge in [-0.1, -0.05) is 38.8 Å². The van der Waals surface area contributed by atoms with Crippen molar-refractivity contribution >= 4 is 12.6 Å². The predicted molar refractivity (Wildman–Crippen MR) is 48.2 cm³/mol. The zero-order valence-corrected chi connectivity index (χ0v) is 7.62. The Hall–Kier alpha value is 0.350. The number of hydrogen-bond donors (Lipinski definition) is 0. The van der Waals surface area contributed by atoms with Crippen molar-refractivity contribution < 1.29 is 0 Å². The first-order chi connectivity index (χ1) is 4.84. The molecular formula is C9H17S. The second kappa shape index (κ2) is 4.27. The van der Waals surface area contributed by atoms with E-state index in [0.717, 1.165) is 5.92 Å². The Morgan fingerprint density at radius 2 is 2.10 bits per heavy atom. The Kier molecular flexibility index (Phi) is 3.61. The van der Waals surface area contributed by atoms with Crippen molar-refractivity contribution in [3.63, 3.8) is 0 Å². The lowest BCUT2D eigenvalue weighted by atomic mass is 10.1. The summed E-state index contributed by atoms with van der Waals surface area (Å²) < 4.78 is 0. The maximum absolute atomic E-state index is 5.34. The fourth-order valence-electron chi connectivity index (χ4n) is 1.30. The summed E-state index contributed by atoms with van der Waals surface area (Å²) in [6.45, 7) is 2.25. The molecule has 1 saturated carbocycles. The van der Waals surface area contributed by atoms with E-state index in [2.05, 4.69) is 6.92 Å².